The van der Waals surface area contributed by atoms with Gasteiger partial charge in [0.2, 0.25) is 0 Å². The van der Waals surface area contributed by atoms with Crippen molar-refractivity contribution in [2.45, 2.75) is 155 Å². The molecule has 0 spiro atoms. The summed E-state index contributed by atoms with van der Waals surface area (Å²) in [6, 6.07) is 0. The van der Waals surface area contributed by atoms with Gasteiger partial charge in [0, 0.05) is 0 Å². The van der Waals surface area contributed by atoms with E-state index in [0.29, 0.717) is 0 Å². The van der Waals surface area contributed by atoms with E-state index in [2.05, 4.69) is 13.8 Å². The SMILES string of the molecule is CCCCCCC1CCCCCCCCCCC(C)CCCCCCC1. The summed E-state index contributed by atoms with van der Waals surface area (Å²) in [5.74, 6) is 2.03. The molecule has 2 unspecified atom stereocenters. The van der Waals surface area contributed by atoms with Crippen LogP contribution in [0.2, 0.25) is 0 Å². The van der Waals surface area contributed by atoms with Gasteiger partial charge in [0.15, 0.2) is 0 Å². The molecule has 1 fully saturated rings. The maximum Gasteiger partial charge on any atom is -0.0414 e. The van der Waals surface area contributed by atoms with Gasteiger partial charge < -0.3 is 0 Å². The largest absolute Gasteiger partial charge is 0.0654 e. The van der Waals surface area contributed by atoms with Gasteiger partial charge in [0.25, 0.3) is 0 Å². The monoisotopic (exact) mass is 364 g/mol. The maximum atomic E-state index is 2.49. The van der Waals surface area contributed by atoms with E-state index in [1.807, 2.05) is 0 Å². The van der Waals surface area contributed by atoms with Crippen LogP contribution in [0.4, 0.5) is 0 Å². The van der Waals surface area contributed by atoms with Crippen LogP contribution in [-0.2, 0) is 0 Å². The van der Waals surface area contributed by atoms with Gasteiger partial charge in [0.05, 0.1) is 0 Å². The standard InChI is InChI=1S/C26H52/c1-3-4-5-17-22-26-23-18-13-9-7-6-8-11-15-20-25(2)21-16-12-10-14-19-24-26/h25-26H,3-24H2,1-2H3. The third kappa shape index (κ3) is 15.1. The molecule has 0 aromatic rings. The van der Waals surface area contributed by atoms with Crippen LogP contribution in [0.1, 0.15) is 155 Å². The third-order valence-corrected chi connectivity index (χ3v) is 6.83. The Morgan fingerprint density at radius 3 is 1.38 bits per heavy atom. The first-order valence-corrected chi connectivity index (χ1v) is 12.8. The summed E-state index contributed by atoms with van der Waals surface area (Å²) >= 11 is 0. The van der Waals surface area contributed by atoms with Gasteiger partial charge in [-0.05, 0) is 11.8 Å². The number of rotatable bonds is 5. The molecule has 1 aliphatic rings. The smallest absolute Gasteiger partial charge is 0.0414 e. The minimum Gasteiger partial charge on any atom is -0.0654 e. The quantitative estimate of drug-likeness (QED) is 0.426. The summed E-state index contributed by atoms with van der Waals surface area (Å²) in [7, 11) is 0. The van der Waals surface area contributed by atoms with Gasteiger partial charge in [-0.2, -0.15) is 0 Å². The molecule has 0 heterocycles. The molecule has 0 saturated heterocycles. The lowest BCUT2D eigenvalue weighted by Crippen LogP contribution is -2.01. The van der Waals surface area contributed by atoms with Crippen LogP contribution in [0.5, 0.6) is 0 Å². The molecule has 0 radical (unpaired) electrons. The van der Waals surface area contributed by atoms with Crippen LogP contribution < -0.4 is 0 Å². The van der Waals surface area contributed by atoms with Crippen LogP contribution in [0.3, 0.4) is 0 Å². The van der Waals surface area contributed by atoms with Gasteiger partial charge in [-0.25, -0.2) is 0 Å². The predicted molar refractivity (Wildman–Crippen MR) is 120 cm³/mol. The average molecular weight is 365 g/mol. The Balaban J connectivity index is 2.27. The van der Waals surface area contributed by atoms with Crippen molar-refractivity contribution in [2.24, 2.45) is 11.8 Å². The van der Waals surface area contributed by atoms with Crippen LogP contribution in [0.25, 0.3) is 0 Å². The van der Waals surface area contributed by atoms with Crippen molar-refractivity contribution in [3.63, 3.8) is 0 Å². The highest BCUT2D eigenvalue weighted by Crippen LogP contribution is 2.25. The molecule has 0 nitrogen and oxygen atoms in total. The topological polar surface area (TPSA) is 0 Å². The molecule has 0 aliphatic heterocycles. The molecule has 0 N–H and O–H groups in total. The molecule has 1 aliphatic carbocycles. The van der Waals surface area contributed by atoms with Crippen molar-refractivity contribution >= 4 is 0 Å². The summed E-state index contributed by atoms with van der Waals surface area (Å²) < 4.78 is 0. The van der Waals surface area contributed by atoms with Crippen molar-refractivity contribution in [1.82, 2.24) is 0 Å². The molecule has 26 heavy (non-hydrogen) atoms. The minimum absolute atomic E-state index is 0.976. The van der Waals surface area contributed by atoms with Crippen LogP contribution in [0.15, 0.2) is 0 Å². The minimum atomic E-state index is 0.976. The van der Waals surface area contributed by atoms with Crippen LogP contribution in [-0.4, -0.2) is 0 Å². The molecule has 0 heteroatoms. The van der Waals surface area contributed by atoms with Crippen molar-refractivity contribution in [2.75, 3.05) is 0 Å². The molecule has 0 aromatic heterocycles. The maximum absolute atomic E-state index is 2.49. The first kappa shape index (κ1) is 24.0. The first-order valence-electron chi connectivity index (χ1n) is 12.8. The highest BCUT2D eigenvalue weighted by molar-refractivity contribution is 4.63. The van der Waals surface area contributed by atoms with E-state index in [0.717, 1.165) is 11.8 Å². The van der Waals surface area contributed by atoms with E-state index < -0.39 is 0 Å². The third-order valence-electron chi connectivity index (χ3n) is 6.83. The molecule has 156 valence electrons. The zero-order valence-electron chi connectivity index (χ0n) is 18.7. The lowest BCUT2D eigenvalue weighted by atomic mass is 9.89. The van der Waals surface area contributed by atoms with Gasteiger partial charge >= 0.3 is 0 Å². The highest BCUT2D eigenvalue weighted by Gasteiger charge is 2.09. The molecule has 0 bridgehead atoms. The molecule has 1 rings (SSSR count). The van der Waals surface area contributed by atoms with E-state index in [9.17, 15) is 0 Å². The van der Waals surface area contributed by atoms with Gasteiger partial charge in [-0.3, -0.25) is 0 Å². The van der Waals surface area contributed by atoms with E-state index in [4.69, 9.17) is 0 Å². The van der Waals surface area contributed by atoms with Gasteiger partial charge in [0.1, 0.15) is 0 Å². The summed E-state index contributed by atoms with van der Waals surface area (Å²) in [5.41, 5.74) is 0. The fraction of sp³-hybridized carbons (Fsp3) is 1.00. The number of unbranched alkanes of at least 4 members (excludes halogenated alkanes) is 3. The van der Waals surface area contributed by atoms with Crippen molar-refractivity contribution in [3.05, 3.63) is 0 Å². The second kappa shape index (κ2) is 18.4. The second-order valence-electron chi connectivity index (χ2n) is 9.57. The second-order valence-corrected chi connectivity index (χ2v) is 9.57. The van der Waals surface area contributed by atoms with Crippen LogP contribution in [0, 0.1) is 11.8 Å². The first-order chi connectivity index (χ1) is 12.8. The Morgan fingerprint density at radius 1 is 0.500 bits per heavy atom. The van der Waals surface area contributed by atoms with Crippen molar-refractivity contribution < 1.29 is 0 Å². The zero-order valence-corrected chi connectivity index (χ0v) is 18.7. The molecule has 0 aromatic carbocycles. The summed E-state index contributed by atoms with van der Waals surface area (Å²) in [6.45, 7) is 4.82. The Bertz CT molecular complexity index is 269. The molecular weight excluding hydrogens is 312 g/mol. The van der Waals surface area contributed by atoms with E-state index in [1.165, 1.54) is 141 Å². The van der Waals surface area contributed by atoms with E-state index >= 15 is 0 Å². The fourth-order valence-electron chi connectivity index (χ4n) is 4.88. The highest BCUT2D eigenvalue weighted by atomic mass is 14.1. The Morgan fingerprint density at radius 2 is 0.923 bits per heavy atom. The molecule has 1 saturated carbocycles. The molecule has 0 amide bonds. The Kier molecular flexibility index (Phi) is 17.0. The van der Waals surface area contributed by atoms with Crippen LogP contribution >= 0.6 is 0 Å². The molecule has 2 atom stereocenters. The summed E-state index contributed by atoms with van der Waals surface area (Å²) in [6.07, 6.45) is 32.8. The Hall–Kier alpha value is 0. The lowest BCUT2D eigenvalue weighted by molar-refractivity contribution is 0.366. The zero-order chi connectivity index (χ0) is 18.7. The lowest BCUT2D eigenvalue weighted by Gasteiger charge is -2.17. The normalized spacial score (nSPS) is 26.5. The summed E-state index contributed by atoms with van der Waals surface area (Å²) in [4.78, 5) is 0. The molecular formula is C26H52. The average Bonchev–Trinajstić information content (AvgIpc) is 2.64. The van der Waals surface area contributed by atoms with E-state index in [-0.39, 0.29) is 0 Å². The Labute approximate surface area is 167 Å². The number of hydrogen-bond acceptors (Lipinski definition) is 0. The number of hydrogen-bond donors (Lipinski definition) is 0. The van der Waals surface area contributed by atoms with Gasteiger partial charge in [-0.1, -0.05) is 155 Å². The fourth-order valence-corrected chi connectivity index (χ4v) is 4.88. The summed E-state index contributed by atoms with van der Waals surface area (Å²) in [5, 5.41) is 0. The van der Waals surface area contributed by atoms with E-state index in [1.54, 1.807) is 0 Å². The van der Waals surface area contributed by atoms with Crippen molar-refractivity contribution in [3.8, 4) is 0 Å². The predicted octanol–water partition coefficient (Wildman–Crippen LogP) is 9.85. The van der Waals surface area contributed by atoms with Gasteiger partial charge in [-0.15, -0.1) is 0 Å². The van der Waals surface area contributed by atoms with Crippen molar-refractivity contribution in [1.29, 1.82) is 0 Å².